The fourth-order valence-corrected chi connectivity index (χ4v) is 4.18. The lowest BCUT2D eigenvalue weighted by Crippen LogP contribution is -2.24. The van der Waals surface area contributed by atoms with E-state index in [4.69, 9.17) is 5.73 Å². The van der Waals surface area contributed by atoms with Gasteiger partial charge in [0.25, 0.3) is 0 Å². The molecule has 2 aliphatic rings. The zero-order valence-electron chi connectivity index (χ0n) is 15.0. The van der Waals surface area contributed by atoms with Crippen molar-refractivity contribution in [2.45, 2.75) is 57.9 Å². The molecule has 0 spiro atoms. The van der Waals surface area contributed by atoms with Gasteiger partial charge in [0.1, 0.15) is 0 Å². The van der Waals surface area contributed by atoms with Crippen molar-refractivity contribution in [2.24, 2.45) is 17.8 Å². The average molecular weight is 337 g/mol. The van der Waals surface area contributed by atoms with E-state index in [-0.39, 0.29) is 0 Å². The Balaban J connectivity index is 1.51. The number of aliphatic imine (C=N–C) groups is 1. The fraction of sp³-hybridized carbons (Fsp3) is 0.500. The van der Waals surface area contributed by atoms with Crippen LogP contribution in [0.1, 0.15) is 53.8 Å². The zero-order valence-corrected chi connectivity index (χ0v) is 15.0. The van der Waals surface area contributed by atoms with E-state index < -0.39 is 0 Å². The lowest BCUT2D eigenvalue weighted by atomic mass is 9.90. The van der Waals surface area contributed by atoms with Gasteiger partial charge in [-0.1, -0.05) is 12.1 Å². The molecule has 2 aromatic rings. The van der Waals surface area contributed by atoms with Gasteiger partial charge in [0.05, 0.1) is 17.9 Å². The molecule has 0 amide bonds. The number of anilines is 1. The van der Waals surface area contributed by atoms with Crippen LogP contribution in [0.4, 0.5) is 5.69 Å². The number of fused-ring (bicyclic) bond motifs is 2. The minimum atomic E-state index is 0.490. The van der Waals surface area contributed by atoms with E-state index in [0.717, 1.165) is 24.9 Å². The molecule has 0 atom stereocenters. The highest BCUT2D eigenvalue weighted by atomic mass is 15.3. The third-order valence-electron chi connectivity index (χ3n) is 5.51. The molecule has 0 aliphatic heterocycles. The summed E-state index contributed by atoms with van der Waals surface area (Å²) in [5, 5.41) is 7.99. The van der Waals surface area contributed by atoms with Crippen LogP contribution in [-0.2, 0) is 39.3 Å². The number of aromatic nitrogens is 2. The Bertz CT molecular complexity index is 803. The lowest BCUT2D eigenvalue weighted by Gasteiger charge is -2.19. The number of hydrogen-bond donors (Lipinski definition) is 2. The van der Waals surface area contributed by atoms with Crippen LogP contribution in [-0.4, -0.2) is 15.7 Å². The SMILES string of the molecule is Cn1nc2c(c1CN=C(N)Nc1cccc3c1CCCC3)CCCC2. The highest BCUT2D eigenvalue weighted by molar-refractivity contribution is 5.93. The first kappa shape index (κ1) is 16.2. The molecule has 25 heavy (non-hydrogen) atoms. The summed E-state index contributed by atoms with van der Waals surface area (Å²) >= 11 is 0. The van der Waals surface area contributed by atoms with Crippen molar-refractivity contribution < 1.29 is 0 Å². The van der Waals surface area contributed by atoms with Crippen LogP contribution in [0.15, 0.2) is 23.2 Å². The third kappa shape index (κ3) is 3.28. The summed E-state index contributed by atoms with van der Waals surface area (Å²) in [6.07, 6.45) is 9.54. The number of nitrogens with one attached hydrogen (secondary N) is 1. The van der Waals surface area contributed by atoms with Gasteiger partial charge in [0.15, 0.2) is 5.96 Å². The average Bonchev–Trinajstić information content (AvgIpc) is 2.95. The van der Waals surface area contributed by atoms with Gasteiger partial charge in [-0.15, -0.1) is 0 Å². The Hall–Kier alpha value is -2.30. The van der Waals surface area contributed by atoms with E-state index >= 15 is 0 Å². The Morgan fingerprint density at radius 2 is 1.88 bits per heavy atom. The van der Waals surface area contributed by atoms with Crippen molar-refractivity contribution >= 4 is 11.6 Å². The molecule has 3 N–H and O–H groups in total. The second kappa shape index (κ2) is 6.90. The van der Waals surface area contributed by atoms with Crippen molar-refractivity contribution in [3.05, 3.63) is 46.3 Å². The molecule has 2 aliphatic carbocycles. The van der Waals surface area contributed by atoms with Crippen molar-refractivity contribution in [1.29, 1.82) is 0 Å². The third-order valence-corrected chi connectivity index (χ3v) is 5.51. The van der Waals surface area contributed by atoms with Gasteiger partial charge in [0.2, 0.25) is 0 Å². The molecule has 0 unspecified atom stereocenters. The second-order valence-corrected chi connectivity index (χ2v) is 7.18. The number of hydrogen-bond acceptors (Lipinski definition) is 2. The largest absolute Gasteiger partial charge is 0.370 e. The normalized spacial score (nSPS) is 17.1. The van der Waals surface area contributed by atoms with Gasteiger partial charge in [-0.2, -0.15) is 5.10 Å². The number of rotatable bonds is 3. The minimum absolute atomic E-state index is 0.490. The summed E-state index contributed by atoms with van der Waals surface area (Å²) in [6.45, 7) is 0.590. The van der Waals surface area contributed by atoms with Crippen LogP contribution in [0.25, 0.3) is 0 Å². The molecular weight excluding hydrogens is 310 g/mol. The first-order valence-electron chi connectivity index (χ1n) is 9.43. The smallest absolute Gasteiger partial charge is 0.193 e. The number of benzene rings is 1. The molecule has 1 aromatic heterocycles. The molecule has 1 heterocycles. The summed E-state index contributed by atoms with van der Waals surface area (Å²) in [6, 6.07) is 6.45. The summed E-state index contributed by atoms with van der Waals surface area (Å²) in [5.74, 6) is 0.490. The van der Waals surface area contributed by atoms with E-state index in [1.165, 1.54) is 60.2 Å². The quantitative estimate of drug-likeness (QED) is 0.668. The predicted molar refractivity (Wildman–Crippen MR) is 102 cm³/mol. The molecule has 132 valence electrons. The molecule has 1 aromatic carbocycles. The molecule has 0 radical (unpaired) electrons. The lowest BCUT2D eigenvalue weighted by molar-refractivity contribution is 0.663. The summed E-state index contributed by atoms with van der Waals surface area (Å²) < 4.78 is 1.98. The van der Waals surface area contributed by atoms with Gasteiger partial charge in [0, 0.05) is 12.7 Å². The zero-order chi connectivity index (χ0) is 17.2. The van der Waals surface area contributed by atoms with E-state index in [9.17, 15) is 0 Å². The Labute approximate surface area is 149 Å². The number of nitrogens with zero attached hydrogens (tertiary/aromatic N) is 3. The standard InChI is InChI=1S/C20H27N5/c1-25-19(16-10-4-5-11-18(16)24-25)13-22-20(21)23-17-12-6-8-14-7-2-3-9-15(14)17/h6,8,12H,2-5,7,9-11,13H2,1H3,(H3,21,22,23). The highest BCUT2D eigenvalue weighted by Crippen LogP contribution is 2.28. The molecule has 0 saturated carbocycles. The first-order chi connectivity index (χ1) is 12.2. The number of guanidine groups is 1. The molecule has 5 heteroatoms. The van der Waals surface area contributed by atoms with Gasteiger partial charge in [-0.25, -0.2) is 4.99 Å². The van der Waals surface area contributed by atoms with Crippen molar-refractivity contribution in [3.63, 3.8) is 0 Å². The maximum absolute atomic E-state index is 6.19. The van der Waals surface area contributed by atoms with Crippen molar-refractivity contribution in [1.82, 2.24) is 9.78 Å². The molecule has 0 fully saturated rings. The van der Waals surface area contributed by atoms with E-state index in [0.29, 0.717) is 12.5 Å². The summed E-state index contributed by atoms with van der Waals surface area (Å²) in [7, 11) is 2.01. The Morgan fingerprint density at radius 1 is 1.12 bits per heavy atom. The van der Waals surface area contributed by atoms with Crippen LogP contribution < -0.4 is 11.1 Å². The monoisotopic (exact) mass is 337 g/mol. The summed E-state index contributed by atoms with van der Waals surface area (Å²) in [4.78, 5) is 4.60. The number of nitrogens with two attached hydrogens (primary N) is 1. The van der Waals surface area contributed by atoms with Crippen LogP contribution in [0.5, 0.6) is 0 Å². The van der Waals surface area contributed by atoms with Crippen LogP contribution in [0, 0.1) is 0 Å². The predicted octanol–water partition coefficient (Wildman–Crippen LogP) is 3.10. The second-order valence-electron chi connectivity index (χ2n) is 7.18. The maximum Gasteiger partial charge on any atom is 0.193 e. The number of aryl methyl sites for hydroxylation is 3. The van der Waals surface area contributed by atoms with Crippen molar-refractivity contribution in [3.8, 4) is 0 Å². The van der Waals surface area contributed by atoms with Crippen molar-refractivity contribution in [2.75, 3.05) is 5.32 Å². The van der Waals surface area contributed by atoms with Crippen LogP contribution >= 0.6 is 0 Å². The molecule has 5 nitrogen and oxygen atoms in total. The van der Waals surface area contributed by atoms with Gasteiger partial charge in [-0.3, -0.25) is 4.68 Å². The fourth-order valence-electron chi connectivity index (χ4n) is 4.18. The highest BCUT2D eigenvalue weighted by Gasteiger charge is 2.19. The van der Waals surface area contributed by atoms with Gasteiger partial charge >= 0.3 is 0 Å². The Morgan fingerprint density at radius 3 is 2.76 bits per heavy atom. The molecular formula is C20H27N5. The van der Waals surface area contributed by atoms with E-state index in [2.05, 4.69) is 33.6 Å². The van der Waals surface area contributed by atoms with Gasteiger partial charge < -0.3 is 11.1 Å². The topological polar surface area (TPSA) is 68.2 Å². The first-order valence-corrected chi connectivity index (χ1v) is 9.43. The maximum atomic E-state index is 6.19. The molecule has 0 bridgehead atoms. The Kier molecular flexibility index (Phi) is 4.47. The van der Waals surface area contributed by atoms with Gasteiger partial charge in [-0.05, 0) is 74.1 Å². The molecule has 4 rings (SSSR count). The minimum Gasteiger partial charge on any atom is -0.370 e. The summed E-state index contributed by atoms with van der Waals surface area (Å²) in [5.41, 5.74) is 14.0. The molecule has 0 saturated heterocycles. The van der Waals surface area contributed by atoms with Crippen LogP contribution in [0.2, 0.25) is 0 Å². The van der Waals surface area contributed by atoms with E-state index in [1.807, 2.05) is 11.7 Å². The van der Waals surface area contributed by atoms with Crippen LogP contribution in [0.3, 0.4) is 0 Å². The van der Waals surface area contributed by atoms with E-state index in [1.54, 1.807) is 0 Å².